The van der Waals surface area contributed by atoms with Gasteiger partial charge in [-0.1, -0.05) is 84.9 Å². The molecule has 0 aromatic rings. The summed E-state index contributed by atoms with van der Waals surface area (Å²) in [4.78, 5) is 0. The van der Waals surface area contributed by atoms with Crippen LogP contribution in [0.25, 0.3) is 0 Å². The lowest BCUT2D eigenvalue weighted by atomic mass is 9.91. The van der Waals surface area contributed by atoms with Crippen molar-refractivity contribution in [3.8, 4) is 0 Å². The minimum Gasteiger partial charge on any atom is -0.373 e. The van der Waals surface area contributed by atoms with Crippen LogP contribution >= 0.6 is 0 Å². The molecule has 2 N–H and O–H groups in total. The Kier molecular flexibility index (Phi) is 8.45. The predicted octanol–water partition coefficient (Wildman–Crippen LogP) is 5.19. The molecule has 0 aliphatic heterocycles. The molecule has 0 spiro atoms. The molecule has 2 heteroatoms. The van der Waals surface area contributed by atoms with Gasteiger partial charge >= 0.3 is 0 Å². The smallest absolute Gasteiger partial charge is 0.101 e. The second kappa shape index (κ2) is 10.1. The molecule has 1 rings (SSSR count). The highest BCUT2D eigenvalue weighted by Crippen LogP contribution is 2.17. The Hall–Kier alpha value is -1.90. The average Bonchev–Trinajstić information content (AvgIpc) is 2.81. The monoisotopic (exact) mass is 325 g/mol. The summed E-state index contributed by atoms with van der Waals surface area (Å²) in [5, 5.41) is 0. The van der Waals surface area contributed by atoms with E-state index in [2.05, 4.69) is 58.1 Å². The molecule has 1 aliphatic carbocycles. The zero-order valence-corrected chi connectivity index (χ0v) is 15.6. The summed E-state index contributed by atoms with van der Waals surface area (Å²) < 4.78 is 5.47. The van der Waals surface area contributed by atoms with Crippen LogP contribution in [0.4, 0.5) is 0 Å². The Morgan fingerprint density at radius 2 is 1.96 bits per heavy atom. The second-order valence-corrected chi connectivity index (χ2v) is 6.34. The quantitative estimate of drug-likeness (QED) is 0.654. The Morgan fingerprint density at radius 1 is 1.21 bits per heavy atom. The minimum absolute atomic E-state index is 0.00291. The van der Waals surface area contributed by atoms with Crippen LogP contribution in [0, 0.1) is 0 Å². The maximum Gasteiger partial charge on any atom is 0.101 e. The maximum atomic E-state index is 6.23. The highest BCUT2D eigenvalue weighted by Gasteiger charge is 2.16. The Balaban J connectivity index is 2.71. The molecule has 0 heterocycles. The zero-order valence-electron chi connectivity index (χ0n) is 15.6. The molecule has 2 nitrogen and oxygen atoms in total. The van der Waals surface area contributed by atoms with Gasteiger partial charge in [0, 0.05) is 12.6 Å². The van der Waals surface area contributed by atoms with Gasteiger partial charge in [0.1, 0.15) is 6.10 Å². The number of hydrogen-bond acceptors (Lipinski definition) is 2. The summed E-state index contributed by atoms with van der Waals surface area (Å²) in [6.45, 7) is 8.35. The van der Waals surface area contributed by atoms with Gasteiger partial charge in [0.15, 0.2) is 0 Å². The van der Waals surface area contributed by atoms with Crippen molar-refractivity contribution < 1.29 is 4.74 Å². The zero-order chi connectivity index (χ0) is 18.0. The van der Waals surface area contributed by atoms with E-state index in [0.717, 1.165) is 12.0 Å². The average molecular weight is 325 g/mol. The fourth-order valence-electron chi connectivity index (χ4n) is 2.12. The van der Waals surface area contributed by atoms with Crippen LogP contribution in [0.15, 0.2) is 83.6 Å². The van der Waals surface area contributed by atoms with Crippen LogP contribution in [0.5, 0.6) is 0 Å². The summed E-state index contributed by atoms with van der Waals surface area (Å²) in [6.07, 6.45) is 23.5. The van der Waals surface area contributed by atoms with Crippen molar-refractivity contribution in [3.63, 3.8) is 0 Å². The lowest BCUT2D eigenvalue weighted by Crippen LogP contribution is -2.36. The van der Waals surface area contributed by atoms with Crippen molar-refractivity contribution in [3.05, 3.63) is 83.6 Å². The number of ether oxygens (including phenoxy) is 1. The SMILES string of the molecule is CCC(C)(N)/C(C)=C/C=C(C)/C=C/C=C/C1=CC=CC=CC1OC. The molecule has 0 radical (unpaired) electrons. The third kappa shape index (κ3) is 6.69. The first-order chi connectivity index (χ1) is 11.4. The molecule has 1 aliphatic rings. The standard InChI is InChI=1S/C22H31NO/c1-6-22(4,23)19(3)17-16-18(2)12-10-11-14-20-13-8-7-9-15-21(20)24-5/h7-17,21H,6,23H2,1-5H3/b12-10+,14-11+,18-16+,19-17+. The van der Waals surface area contributed by atoms with Crippen LogP contribution in [0.3, 0.4) is 0 Å². The normalized spacial score (nSPS) is 22.1. The third-order valence-corrected chi connectivity index (χ3v) is 4.37. The first-order valence-electron chi connectivity index (χ1n) is 8.48. The van der Waals surface area contributed by atoms with E-state index in [1.54, 1.807) is 7.11 Å². The van der Waals surface area contributed by atoms with E-state index in [1.165, 1.54) is 11.1 Å². The van der Waals surface area contributed by atoms with Crippen molar-refractivity contribution >= 4 is 0 Å². The molecule has 0 saturated heterocycles. The summed E-state index contributed by atoms with van der Waals surface area (Å²) in [5.74, 6) is 0. The highest BCUT2D eigenvalue weighted by molar-refractivity contribution is 5.37. The molecule has 0 bridgehead atoms. The van der Waals surface area contributed by atoms with Gasteiger partial charge in [-0.3, -0.25) is 0 Å². The fourth-order valence-corrected chi connectivity index (χ4v) is 2.12. The van der Waals surface area contributed by atoms with E-state index in [9.17, 15) is 0 Å². The molecule has 0 saturated carbocycles. The van der Waals surface area contributed by atoms with E-state index < -0.39 is 0 Å². The van der Waals surface area contributed by atoms with Crippen molar-refractivity contribution in [1.29, 1.82) is 0 Å². The Morgan fingerprint density at radius 3 is 2.62 bits per heavy atom. The van der Waals surface area contributed by atoms with Crippen molar-refractivity contribution in [2.24, 2.45) is 5.73 Å². The van der Waals surface area contributed by atoms with E-state index in [-0.39, 0.29) is 11.6 Å². The van der Waals surface area contributed by atoms with E-state index >= 15 is 0 Å². The molecular weight excluding hydrogens is 294 g/mol. The topological polar surface area (TPSA) is 35.2 Å². The second-order valence-electron chi connectivity index (χ2n) is 6.34. The molecule has 130 valence electrons. The number of rotatable bonds is 7. The number of allylic oxidation sites excluding steroid dienone is 10. The van der Waals surface area contributed by atoms with Crippen LogP contribution in [0.2, 0.25) is 0 Å². The number of hydrogen-bond donors (Lipinski definition) is 1. The maximum absolute atomic E-state index is 6.23. The van der Waals surface area contributed by atoms with Gasteiger partial charge in [-0.05, 0) is 32.8 Å². The van der Waals surface area contributed by atoms with E-state index in [0.29, 0.717) is 0 Å². The largest absolute Gasteiger partial charge is 0.373 e. The minimum atomic E-state index is -0.234. The van der Waals surface area contributed by atoms with Crippen LogP contribution in [-0.4, -0.2) is 18.8 Å². The Bertz CT molecular complexity index is 610. The Labute approximate surface area is 147 Å². The molecule has 0 aromatic carbocycles. The summed E-state index contributed by atoms with van der Waals surface area (Å²) in [7, 11) is 1.72. The van der Waals surface area contributed by atoms with Crippen LogP contribution in [0.1, 0.15) is 34.1 Å². The van der Waals surface area contributed by atoms with E-state index in [4.69, 9.17) is 10.5 Å². The van der Waals surface area contributed by atoms with Crippen LogP contribution < -0.4 is 5.73 Å². The third-order valence-electron chi connectivity index (χ3n) is 4.37. The van der Waals surface area contributed by atoms with Crippen LogP contribution in [-0.2, 0) is 4.74 Å². The lowest BCUT2D eigenvalue weighted by Gasteiger charge is -2.23. The van der Waals surface area contributed by atoms with Gasteiger partial charge < -0.3 is 10.5 Å². The van der Waals surface area contributed by atoms with Crippen molar-refractivity contribution in [2.45, 2.75) is 45.8 Å². The van der Waals surface area contributed by atoms with Crippen molar-refractivity contribution in [2.75, 3.05) is 7.11 Å². The number of nitrogens with two attached hydrogens (primary N) is 1. The summed E-state index contributed by atoms with van der Waals surface area (Å²) >= 11 is 0. The predicted molar refractivity (Wildman–Crippen MR) is 106 cm³/mol. The molecule has 0 aromatic heterocycles. The lowest BCUT2D eigenvalue weighted by molar-refractivity contribution is 0.171. The van der Waals surface area contributed by atoms with Gasteiger partial charge in [0.2, 0.25) is 0 Å². The molecule has 0 fully saturated rings. The van der Waals surface area contributed by atoms with Crippen molar-refractivity contribution in [1.82, 2.24) is 0 Å². The summed E-state index contributed by atoms with van der Waals surface area (Å²) in [6, 6.07) is 0. The van der Waals surface area contributed by atoms with Gasteiger partial charge in [-0.25, -0.2) is 0 Å². The molecule has 2 unspecified atom stereocenters. The molecule has 24 heavy (non-hydrogen) atoms. The van der Waals surface area contributed by atoms with Gasteiger partial charge in [-0.15, -0.1) is 0 Å². The first-order valence-corrected chi connectivity index (χ1v) is 8.48. The van der Waals surface area contributed by atoms with Gasteiger partial charge in [-0.2, -0.15) is 0 Å². The molecular formula is C22H31NO. The van der Waals surface area contributed by atoms with E-state index in [1.807, 2.05) is 36.5 Å². The highest BCUT2D eigenvalue weighted by atomic mass is 16.5. The fraction of sp³-hybridized carbons (Fsp3) is 0.364. The van der Waals surface area contributed by atoms with Gasteiger partial charge in [0.25, 0.3) is 0 Å². The number of methoxy groups -OCH3 is 1. The molecule has 0 amide bonds. The van der Waals surface area contributed by atoms with Gasteiger partial charge in [0.05, 0.1) is 0 Å². The summed E-state index contributed by atoms with van der Waals surface area (Å²) in [5.41, 5.74) is 9.51. The molecule has 2 atom stereocenters. The first kappa shape index (κ1) is 20.1.